The van der Waals surface area contributed by atoms with Gasteiger partial charge in [-0.25, -0.2) is 9.37 Å². The van der Waals surface area contributed by atoms with Gasteiger partial charge in [0.15, 0.2) is 0 Å². The van der Waals surface area contributed by atoms with Crippen LogP contribution in [0.1, 0.15) is 28.6 Å². The monoisotopic (exact) mass is 383 g/mol. The first-order chi connectivity index (χ1) is 13.5. The van der Waals surface area contributed by atoms with E-state index in [4.69, 9.17) is 4.74 Å². The molecule has 2 unspecified atom stereocenters. The van der Waals surface area contributed by atoms with Crippen molar-refractivity contribution >= 4 is 0 Å². The summed E-state index contributed by atoms with van der Waals surface area (Å²) in [4.78, 5) is 4.38. The summed E-state index contributed by atoms with van der Waals surface area (Å²) >= 11 is 0. The number of nitrogens with zero attached hydrogens (tertiary/aromatic N) is 2. The molecule has 0 aliphatic heterocycles. The third-order valence-corrected chi connectivity index (χ3v) is 4.84. The van der Waals surface area contributed by atoms with Crippen LogP contribution in [0.25, 0.3) is 0 Å². The molecular weight excluding hydrogens is 357 g/mol. The number of benzene rings is 2. The molecule has 1 aromatic heterocycles. The Bertz CT molecular complexity index is 926. The summed E-state index contributed by atoms with van der Waals surface area (Å²) in [6.07, 6.45) is 2.81. The fourth-order valence-electron chi connectivity index (χ4n) is 3.08. The van der Waals surface area contributed by atoms with Gasteiger partial charge in [0.2, 0.25) is 0 Å². The Hall–Kier alpha value is -2.70. The minimum Gasteiger partial charge on any atom is -0.491 e. The highest BCUT2D eigenvalue weighted by Gasteiger charge is 2.20. The van der Waals surface area contributed by atoms with E-state index in [0.29, 0.717) is 0 Å². The van der Waals surface area contributed by atoms with Gasteiger partial charge < -0.3 is 19.7 Å². The molecule has 2 aromatic carbocycles. The first-order valence-corrected chi connectivity index (χ1v) is 9.29. The second-order valence-electron chi connectivity index (χ2n) is 6.96. The molecule has 0 saturated carbocycles. The van der Waals surface area contributed by atoms with Crippen molar-refractivity contribution in [2.45, 2.75) is 26.0 Å². The van der Waals surface area contributed by atoms with Crippen LogP contribution in [0.2, 0.25) is 0 Å². The summed E-state index contributed by atoms with van der Waals surface area (Å²) in [5.41, 5.74) is 2.95. The molecule has 6 heteroatoms. The Balaban J connectivity index is 1.66. The minimum absolute atomic E-state index is 0.160. The van der Waals surface area contributed by atoms with Crippen molar-refractivity contribution in [1.29, 1.82) is 0 Å². The van der Waals surface area contributed by atoms with E-state index < -0.39 is 6.10 Å². The topological polar surface area (TPSA) is 59.3 Å². The van der Waals surface area contributed by atoms with Crippen molar-refractivity contribution in [1.82, 2.24) is 14.9 Å². The van der Waals surface area contributed by atoms with Crippen molar-refractivity contribution in [2.75, 3.05) is 13.2 Å². The maximum absolute atomic E-state index is 13.7. The zero-order valence-electron chi connectivity index (χ0n) is 16.4. The Morgan fingerprint density at radius 2 is 2.00 bits per heavy atom. The second kappa shape index (κ2) is 8.99. The summed E-state index contributed by atoms with van der Waals surface area (Å²) in [5, 5.41) is 13.7. The standard InChI is InChI=1S/C22H26FN3O2/c1-15-6-4-9-20(16(15)2)28-14-19(27)13-25-21(22-24-10-11-26(22)3)17-7-5-8-18(23)12-17/h4-12,19,21,25,27H,13-14H2,1-3H3. The molecule has 3 aromatic rings. The number of imidazole rings is 1. The molecule has 0 saturated heterocycles. The van der Waals surface area contributed by atoms with Crippen LogP contribution in [0.5, 0.6) is 5.75 Å². The van der Waals surface area contributed by atoms with Gasteiger partial charge in [-0.1, -0.05) is 24.3 Å². The van der Waals surface area contributed by atoms with Gasteiger partial charge in [0, 0.05) is 26.0 Å². The van der Waals surface area contributed by atoms with Crippen LogP contribution in [0.3, 0.4) is 0 Å². The average Bonchev–Trinajstić information content (AvgIpc) is 3.09. The fourth-order valence-corrected chi connectivity index (χ4v) is 3.08. The molecule has 2 N–H and O–H groups in total. The number of aliphatic hydroxyl groups excluding tert-OH is 1. The highest BCUT2D eigenvalue weighted by atomic mass is 19.1. The van der Waals surface area contributed by atoms with Crippen molar-refractivity contribution in [3.05, 3.63) is 83.2 Å². The Labute approximate surface area is 164 Å². The van der Waals surface area contributed by atoms with Crippen molar-refractivity contribution in [2.24, 2.45) is 7.05 Å². The smallest absolute Gasteiger partial charge is 0.130 e. The minimum atomic E-state index is -0.726. The van der Waals surface area contributed by atoms with Gasteiger partial charge in [-0.3, -0.25) is 0 Å². The molecular formula is C22H26FN3O2. The molecule has 0 bridgehead atoms. The quantitative estimate of drug-likeness (QED) is 0.627. The lowest BCUT2D eigenvalue weighted by atomic mass is 10.1. The number of hydrogen-bond donors (Lipinski definition) is 2. The molecule has 1 heterocycles. The SMILES string of the molecule is Cc1cccc(OCC(O)CNC(c2cccc(F)c2)c2nccn2C)c1C. The predicted molar refractivity (Wildman–Crippen MR) is 107 cm³/mol. The van der Waals surface area contributed by atoms with Crippen LogP contribution in [0, 0.1) is 19.7 Å². The molecule has 0 radical (unpaired) electrons. The first-order valence-electron chi connectivity index (χ1n) is 9.29. The number of hydrogen-bond acceptors (Lipinski definition) is 4. The number of ether oxygens (including phenoxy) is 1. The predicted octanol–water partition coefficient (Wildman–Crippen LogP) is 3.29. The number of nitrogens with one attached hydrogen (secondary N) is 1. The highest BCUT2D eigenvalue weighted by Crippen LogP contribution is 2.22. The Kier molecular flexibility index (Phi) is 6.44. The third-order valence-electron chi connectivity index (χ3n) is 4.84. The third kappa shape index (κ3) is 4.77. The van der Waals surface area contributed by atoms with Crippen molar-refractivity contribution in [3.63, 3.8) is 0 Å². The van der Waals surface area contributed by atoms with Gasteiger partial charge in [0.05, 0.1) is 6.04 Å². The van der Waals surface area contributed by atoms with E-state index in [9.17, 15) is 9.50 Å². The van der Waals surface area contributed by atoms with Crippen molar-refractivity contribution < 1.29 is 14.2 Å². The van der Waals surface area contributed by atoms with Crippen LogP contribution in [0.15, 0.2) is 54.9 Å². The zero-order valence-corrected chi connectivity index (χ0v) is 16.4. The fraction of sp³-hybridized carbons (Fsp3) is 0.318. The molecule has 5 nitrogen and oxygen atoms in total. The molecule has 0 spiro atoms. The lowest BCUT2D eigenvalue weighted by Gasteiger charge is -2.22. The average molecular weight is 383 g/mol. The zero-order chi connectivity index (χ0) is 20.1. The summed E-state index contributed by atoms with van der Waals surface area (Å²) in [5.74, 6) is 1.20. The Morgan fingerprint density at radius 1 is 1.21 bits per heavy atom. The number of aryl methyl sites for hydroxylation is 2. The molecule has 28 heavy (non-hydrogen) atoms. The molecule has 0 amide bonds. The van der Waals surface area contributed by atoms with Crippen LogP contribution in [-0.4, -0.2) is 33.9 Å². The summed E-state index contributed by atoms with van der Waals surface area (Å²) in [7, 11) is 1.89. The summed E-state index contributed by atoms with van der Waals surface area (Å²) in [6.45, 7) is 4.46. The van der Waals surface area contributed by atoms with Crippen molar-refractivity contribution in [3.8, 4) is 5.75 Å². The van der Waals surface area contributed by atoms with E-state index in [-0.39, 0.29) is 25.0 Å². The van der Waals surface area contributed by atoms with Gasteiger partial charge >= 0.3 is 0 Å². The lowest BCUT2D eigenvalue weighted by molar-refractivity contribution is 0.104. The van der Waals surface area contributed by atoms with E-state index in [2.05, 4.69) is 10.3 Å². The Morgan fingerprint density at radius 3 is 2.71 bits per heavy atom. The van der Waals surface area contributed by atoms with Crippen LogP contribution in [0.4, 0.5) is 4.39 Å². The van der Waals surface area contributed by atoms with Gasteiger partial charge in [-0.05, 0) is 48.7 Å². The van der Waals surface area contributed by atoms with E-state index in [1.165, 1.54) is 12.1 Å². The van der Waals surface area contributed by atoms with Gasteiger partial charge in [-0.2, -0.15) is 0 Å². The molecule has 0 fully saturated rings. The van der Waals surface area contributed by atoms with Gasteiger partial charge in [-0.15, -0.1) is 0 Å². The van der Waals surface area contributed by atoms with E-state index >= 15 is 0 Å². The molecule has 0 aliphatic rings. The normalized spacial score (nSPS) is 13.3. The molecule has 3 rings (SSSR count). The van der Waals surface area contributed by atoms with E-state index in [0.717, 1.165) is 28.3 Å². The van der Waals surface area contributed by atoms with Gasteiger partial charge in [0.1, 0.15) is 30.1 Å². The van der Waals surface area contributed by atoms with Crippen LogP contribution < -0.4 is 10.1 Å². The maximum Gasteiger partial charge on any atom is 0.130 e. The van der Waals surface area contributed by atoms with E-state index in [1.807, 2.05) is 55.9 Å². The number of aromatic nitrogens is 2. The molecule has 2 atom stereocenters. The van der Waals surface area contributed by atoms with Crippen LogP contribution >= 0.6 is 0 Å². The second-order valence-corrected chi connectivity index (χ2v) is 6.96. The molecule has 0 aliphatic carbocycles. The van der Waals surface area contributed by atoms with E-state index in [1.54, 1.807) is 12.3 Å². The largest absolute Gasteiger partial charge is 0.491 e. The number of aliphatic hydroxyl groups is 1. The summed E-state index contributed by atoms with van der Waals surface area (Å²) < 4.78 is 21.4. The number of rotatable bonds is 8. The number of halogens is 1. The van der Waals surface area contributed by atoms with Gasteiger partial charge in [0.25, 0.3) is 0 Å². The summed E-state index contributed by atoms with van der Waals surface area (Å²) in [6, 6.07) is 11.9. The highest BCUT2D eigenvalue weighted by molar-refractivity contribution is 5.38. The molecule has 148 valence electrons. The first kappa shape index (κ1) is 20.0. The lowest BCUT2D eigenvalue weighted by Crippen LogP contribution is -2.35. The maximum atomic E-state index is 13.7. The van der Waals surface area contributed by atoms with Crippen LogP contribution in [-0.2, 0) is 7.05 Å².